The fourth-order valence-corrected chi connectivity index (χ4v) is 5.64. The molecule has 178 valence electrons. The Labute approximate surface area is 199 Å². The second-order valence-corrected chi connectivity index (χ2v) is 11.2. The molecule has 8 heteroatoms. The number of fused-ring (bicyclic) bond motifs is 3. The summed E-state index contributed by atoms with van der Waals surface area (Å²) in [4.78, 5) is 7.05. The average molecular weight is 483 g/mol. The van der Waals surface area contributed by atoms with Gasteiger partial charge in [0.1, 0.15) is 11.6 Å². The average Bonchev–Trinajstić information content (AvgIpc) is 3.15. The van der Waals surface area contributed by atoms with Crippen LogP contribution >= 0.6 is 0 Å². The highest BCUT2D eigenvalue weighted by Gasteiger charge is 2.46. The molecule has 0 spiro atoms. The summed E-state index contributed by atoms with van der Waals surface area (Å²) in [6.45, 7) is 4.29. The molecule has 0 N–H and O–H groups in total. The molecule has 0 amide bonds. The van der Waals surface area contributed by atoms with Crippen molar-refractivity contribution >= 4 is 9.84 Å². The van der Waals surface area contributed by atoms with Crippen molar-refractivity contribution in [1.82, 2.24) is 9.88 Å². The van der Waals surface area contributed by atoms with E-state index in [1.54, 1.807) is 24.3 Å². The van der Waals surface area contributed by atoms with Crippen LogP contribution in [0.5, 0.6) is 11.6 Å². The van der Waals surface area contributed by atoms with E-state index in [0.29, 0.717) is 36.3 Å². The van der Waals surface area contributed by atoms with Crippen molar-refractivity contribution in [3.8, 4) is 11.6 Å². The number of hydrogen-bond acceptors (Lipinski definition) is 6. The summed E-state index contributed by atoms with van der Waals surface area (Å²) in [7, 11) is -3.25. The van der Waals surface area contributed by atoms with Crippen LogP contribution in [0.2, 0.25) is 0 Å². The van der Waals surface area contributed by atoms with E-state index < -0.39 is 9.84 Å². The maximum atomic E-state index is 14.2. The van der Waals surface area contributed by atoms with Crippen LogP contribution in [-0.2, 0) is 16.4 Å². The van der Waals surface area contributed by atoms with Gasteiger partial charge in [0.2, 0.25) is 5.88 Å². The number of nitrogens with zero attached hydrogens (tertiary/aromatic N) is 2. The van der Waals surface area contributed by atoms with Gasteiger partial charge in [-0.3, -0.25) is 4.90 Å². The van der Waals surface area contributed by atoms with E-state index in [-0.39, 0.29) is 23.7 Å². The van der Waals surface area contributed by atoms with E-state index in [1.807, 2.05) is 37.3 Å². The zero-order chi connectivity index (χ0) is 23.9. The Hall–Kier alpha value is -2.97. The van der Waals surface area contributed by atoms with Crippen molar-refractivity contribution < 1.29 is 22.3 Å². The summed E-state index contributed by atoms with van der Waals surface area (Å²) in [6, 6.07) is 17.3. The fourth-order valence-electron chi connectivity index (χ4n) is 5.01. The molecule has 2 aliphatic heterocycles. The molecule has 0 radical (unpaired) electrons. The molecule has 1 aromatic heterocycles. The van der Waals surface area contributed by atoms with Crippen molar-refractivity contribution in [2.45, 2.75) is 24.4 Å². The van der Waals surface area contributed by atoms with Gasteiger partial charge < -0.3 is 9.47 Å². The van der Waals surface area contributed by atoms with Crippen molar-refractivity contribution in [1.29, 1.82) is 0 Å². The predicted octanol–water partition coefficient (Wildman–Crippen LogP) is 4.19. The Morgan fingerprint density at radius 2 is 1.94 bits per heavy atom. The highest BCUT2D eigenvalue weighted by Crippen LogP contribution is 2.48. The van der Waals surface area contributed by atoms with Gasteiger partial charge in [-0.1, -0.05) is 18.2 Å². The molecule has 3 atom stereocenters. The van der Waals surface area contributed by atoms with Crippen LogP contribution in [0.1, 0.15) is 22.9 Å². The van der Waals surface area contributed by atoms with E-state index in [2.05, 4.69) is 9.88 Å². The van der Waals surface area contributed by atoms with Crippen LogP contribution in [-0.4, -0.2) is 44.3 Å². The lowest BCUT2D eigenvalue weighted by Gasteiger charge is -2.34. The molecule has 0 saturated carbocycles. The SMILES string of the molecule is Cc1cccc(OC[C@@H]2CN(Cc3ccc(S(C)(=O)=O)cc3)[C@H]3c4cc(F)ccc4OC[C@@H]23)n1. The topological polar surface area (TPSA) is 68.7 Å². The number of benzene rings is 2. The molecule has 0 bridgehead atoms. The molecule has 1 saturated heterocycles. The third-order valence-electron chi connectivity index (χ3n) is 6.64. The van der Waals surface area contributed by atoms with Crippen molar-refractivity contribution in [2.75, 3.05) is 26.0 Å². The molecule has 1 fully saturated rings. The number of aromatic nitrogens is 1. The number of halogens is 1. The normalized spacial score (nSPS) is 22.0. The largest absolute Gasteiger partial charge is 0.493 e. The van der Waals surface area contributed by atoms with Gasteiger partial charge in [-0.25, -0.2) is 17.8 Å². The molecule has 34 heavy (non-hydrogen) atoms. The third-order valence-corrected chi connectivity index (χ3v) is 7.77. The maximum Gasteiger partial charge on any atom is 0.213 e. The molecule has 2 aliphatic rings. The van der Waals surface area contributed by atoms with Gasteiger partial charge in [0, 0.05) is 54.5 Å². The van der Waals surface area contributed by atoms with Gasteiger partial charge in [0.05, 0.1) is 18.1 Å². The molecular formula is C26H27FN2O4S. The Balaban J connectivity index is 1.41. The number of rotatable bonds is 6. The summed E-state index contributed by atoms with van der Waals surface area (Å²) in [5.74, 6) is 1.31. The van der Waals surface area contributed by atoms with Gasteiger partial charge in [-0.15, -0.1) is 0 Å². The lowest BCUT2D eigenvalue weighted by molar-refractivity contribution is 0.121. The monoisotopic (exact) mass is 482 g/mol. The van der Waals surface area contributed by atoms with E-state index in [1.165, 1.54) is 12.3 Å². The highest BCUT2D eigenvalue weighted by molar-refractivity contribution is 7.90. The molecule has 3 aromatic rings. The summed E-state index contributed by atoms with van der Waals surface area (Å²) in [5.41, 5.74) is 2.74. The molecule has 6 nitrogen and oxygen atoms in total. The van der Waals surface area contributed by atoms with E-state index >= 15 is 0 Å². The standard InChI is InChI=1S/C26H27FN2O4S/c1-17-4-3-5-25(28-17)33-15-19-14-29(13-18-6-9-21(10-7-18)34(2,30)31)26-22-12-20(27)8-11-24(22)32-16-23(19)26/h3-12,19,23,26H,13-16H2,1-2H3/t19-,23-,26-/m0/s1. The van der Waals surface area contributed by atoms with Crippen LogP contribution in [0.25, 0.3) is 0 Å². The van der Waals surface area contributed by atoms with Crippen LogP contribution < -0.4 is 9.47 Å². The molecule has 5 rings (SSSR count). The second-order valence-electron chi connectivity index (χ2n) is 9.14. The molecule has 3 heterocycles. The fraction of sp³-hybridized carbons (Fsp3) is 0.346. The second kappa shape index (κ2) is 9.00. The van der Waals surface area contributed by atoms with E-state index in [4.69, 9.17) is 9.47 Å². The minimum Gasteiger partial charge on any atom is -0.493 e. The van der Waals surface area contributed by atoms with Gasteiger partial charge >= 0.3 is 0 Å². The minimum absolute atomic E-state index is 0.0203. The van der Waals surface area contributed by atoms with E-state index in [0.717, 1.165) is 23.4 Å². The zero-order valence-corrected chi connectivity index (χ0v) is 20.0. The number of sulfone groups is 1. The smallest absolute Gasteiger partial charge is 0.213 e. The summed E-state index contributed by atoms with van der Waals surface area (Å²) >= 11 is 0. The first-order chi connectivity index (χ1) is 16.3. The molecular weight excluding hydrogens is 455 g/mol. The predicted molar refractivity (Wildman–Crippen MR) is 126 cm³/mol. The number of hydrogen-bond donors (Lipinski definition) is 0. The van der Waals surface area contributed by atoms with Gasteiger partial charge in [0.15, 0.2) is 9.84 Å². The summed E-state index contributed by atoms with van der Waals surface area (Å²) < 4.78 is 49.9. The molecule has 0 unspecified atom stereocenters. The van der Waals surface area contributed by atoms with Crippen LogP contribution in [0.4, 0.5) is 4.39 Å². The first-order valence-electron chi connectivity index (χ1n) is 11.3. The van der Waals surface area contributed by atoms with Crippen molar-refractivity contribution in [2.24, 2.45) is 11.8 Å². The Kier molecular flexibility index (Phi) is 6.04. The Morgan fingerprint density at radius 1 is 1.15 bits per heavy atom. The Bertz CT molecular complexity index is 1300. The summed E-state index contributed by atoms with van der Waals surface area (Å²) in [6.07, 6.45) is 1.20. The van der Waals surface area contributed by atoms with Gasteiger partial charge in [-0.2, -0.15) is 0 Å². The van der Waals surface area contributed by atoms with Crippen LogP contribution in [0.3, 0.4) is 0 Å². The van der Waals surface area contributed by atoms with E-state index in [9.17, 15) is 12.8 Å². The number of aryl methyl sites for hydroxylation is 1. The zero-order valence-electron chi connectivity index (χ0n) is 19.1. The lowest BCUT2D eigenvalue weighted by Crippen LogP contribution is -2.32. The minimum atomic E-state index is -3.25. The van der Waals surface area contributed by atoms with Crippen molar-refractivity contribution in [3.05, 3.63) is 83.3 Å². The highest BCUT2D eigenvalue weighted by atomic mass is 32.2. The quantitative estimate of drug-likeness (QED) is 0.525. The first-order valence-corrected chi connectivity index (χ1v) is 13.2. The lowest BCUT2D eigenvalue weighted by atomic mass is 9.85. The first kappa shape index (κ1) is 22.8. The number of ether oxygens (including phenoxy) is 2. The molecule has 0 aliphatic carbocycles. The van der Waals surface area contributed by atoms with Crippen molar-refractivity contribution in [3.63, 3.8) is 0 Å². The summed E-state index contributed by atoms with van der Waals surface area (Å²) in [5, 5.41) is 0. The van der Waals surface area contributed by atoms with Crippen LogP contribution in [0, 0.1) is 24.6 Å². The molecule has 2 aromatic carbocycles. The maximum absolute atomic E-state index is 14.2. The Morgan fingerprint density at radius 3 is 2.68 bits per heavy atom. The van der Waals surface area contributed by atoms with Gasteiger partial charge in [-0.05, 0) is 48.9 Å². The number of pyridine rings is 1. The van der Waals surface area contributed by atoms with Gasteiger partial charge in [0.25, 0.3) is 0 Å². The van der Waals surface area contributed by atoms with Crippen LogP contribution in [0.15, 0.2) is 65.6 Å². The third kappa shape index (κ3) is 4.65. The number of likely N-dealkylation sites (tertiary alicyclic amines) is 1.